The molecule has 5 heteroatoms. The van der Waals surface area contributed by atoms with Crippen molar-refractivity contribution in [3.05, 3.63) is 20.3 Å². The molecule has 2 atom stereocenters. The summed E-state index contributed by atoms with van der Waals surface area (Å²) in [5.41, 5.74) is 1.00. The van der Waals surface area contributed by atoms with Crippen molar-refractivity contribution in [2.75, 3.05) is 13.2 Å². The topological polar surface area (TPSA) is 21.3 Å². The summed E-state index contributed by atoms with van der Waals surface area (Å²) in [6.07, 6.45) is 0.0439. The zero-order valence-electron chi connectivity index (χ0n) is 7.72. The number of ether oxygens (including phenoxy) is 1. The average Bonchev–Trinajstić information content (AvgIpc) is 2.47. The maximum Gasteiger partial charge on any atom is 0.100 e. The third-order valence-electron chi connectivity index (χ3n) is 2.23. The van der Waals surface area contributed by atoms with Crippen molar-refractivity contribution in [3.8, 4) is 0 Å². The first kappa shape index (κ1) is 10.7. The van der Waals surface area contributed by atoms with Crippen LogP contribution in [0.1, 0.15) is 18.6 Å². The van der Waals surface area contributed by atoms with Gasteiger partial charge in [0.15, 0.2) is 0 Å². The van der Waals surface area contributed by atoms with Crippen LogP contribution in [-0.4, -0.2) is 19.2 Å². The Morgan fingerprint density at radius 2 is 2.36 bits per heavy atom. The van der Waals surface area contributed by atoms with Gasteiger partial charge in [0.1, 0.15) is 4.34 Å². The molecule has 1 aliphatic heterocycles. The molecule has 1 fully saturated rings. The van der Waals surface area contributed by atoms with E-state index < -0.39 is 0 Å². The molecule has 1 saturated heterocycles. The second kappa shape index (κ2) is 4.37. The predicted molar refractivity (Wildman–Crippen MR) is 60.5 cm³/mol. The largest absolute Gasteiger partial charge is 0.371 e. The summed E-state index contributed by atoms with van der Waals surface area (Å²) in [6.45, 7) is 3.61. The van der Waals surface area contributed by atoms with Gasteiger partial charge in [0, 0.05) is 18.2 Å². The minimum atomic E-state index is 0.0439. The maximum atomic E-state index is 6.04. The lowest BCUT2D eigenvalue weighted by Gasteiger charge is -2.28. The molecule has 0 aromatic carbocycles. The Morgan fingerprint density at radius 3 is 2.86 bits per heavy atom. The van der Waals surface area contributed by atoms with Crippen LogP contribution in [0.4, 0.5) is 0 Å². The molecule has 0 amide bonds. The van der Waals surface area contributed by atoms with Crippen LogP contribution in [0.25, 0.3) is 0 Å². The fourth-order valence-electron chi connectivity index (χ4n) is 1.46. The Hall–Kier alpha value is 0.200. The Labute approximate surface area is 97.2 Å². The molecule has 2 rings (SSSR count). The summed E-state index contributed by atoms with van der Waals surface area (Å²) >= 11 is 13.3. The van der Waals surface area contributed by atoms with E-state index in [0.29, 0.717) is 17.0 Å². The Kier molecular flexibility index (Phi) is 3.34. The number of rotatable bonds is 1. The first-order chi connectivity index (χ1) is 6.66. The Balaban J connectivity index is 2.11. The molecule has 2 nitrogen and oxygen atoms in total. The minimum Gasteiger partial charge on any atom is -0.371 e. The van der Waals surface area contributed by atoms with Crippen LogP contribution >= 0.6 is 34.5 Å². The van der Waals surface area contributed by atoms with Crippen LogP contribution in [0.15, 0.2) is 6.07 Å². The number of hydrogen-bond donors (Lipinski definition) is 1. The van der Waals surface area contributed by atoms with Crippen molar-refractivity contribution < 1.29 is 4.74 Å². The van der Waals surface area contributed by atoms with Gasteiger partial charge in [-0.3, -0.25) is 0 Å². The van der Waals surface area contributed by atoms with Crippen molar-refractivity contribution in [3.63, 3.8) is 0 Å². The summed E-state index contributed by atoms with van der Waals surface area (Å²) in [5, 5.41) is 3.34. The summed E-state index contributed by atoms with van der Waals surface area (Å²) < 4.78 is 7.12. The highest BCUT2D eigenvalue weighted by molar-refractivity contribution is 7.20. The highest BCUT2D eigenvalue weighted by Gasteiger charge is 2.23. The fraction of sp³-hybridized carbons (Fsp3) is 0.556. The highest BCUT2D eigenvalue weighted by atomic mass is 35.5. The summed E-state index contributed by atoms with van der Waals surface area (Å²) in [7, 11) is 0. The zero-order chi connectivity index (χ0) is 10.1. The Bertz CT molecular complexity index is 321. The summed E-state index contributed by atoms with van der Waals surface area (Å²) in [5.74, 6) is 0. The van der Waals surface area contributed by atoms with Crippen LogP contribution in [0.5, 0.6) is 0 Å². The van der Waals surface area contributed by atoms with Gasteiger partial charge in [0.25, 0.3) is 0 Å². The van der Waals surface area contributed by atoms with Crippen molar-refractivity contribution >= 4 is 34.5 Å². The van der Waals surface area contributed by atoms with Crippen molar-refractivity contribution in [2.24, 2.45) is 0 Å². The lowest BCUT2D eigenvalue weighted by Crippen LogP contribution is -2.40. The molecule has 1 aliphatic rings. The van der Waals surface area contributed by atoms with Gasteiger partial charge in [-0.25, -0.2) is 0 Å². The van der Waals surface area contributed by atoms with E-state index in [2.05, 4.69) is 12.2 Å². The maximum absolute atomic E-state index is 6.04. The van der Waals surface area contributed by atoms with E-state index in [-0.39, 0.29) is 6.10 Å². The second-order valence-electron chi connectivity index (χ2n) is 3.41. The van der Waals surface area contributed by atoms with E-state index in [9.17, 15) is 0 Å². The van der Waals surface area contributed by atoms with Gasteiger partial charge < -0.3 is 10.1 Å². The van der Waals surface area contributed by atoms with E-state index in [1.54, 1.807) is 0 Å². The molecule has 0 radical (unpaired) electrons. The van der Waals surface area contributed by atoms with Crippen molar-refractivity contribution in [1.82, 2.24) is 5.32 Å². The van der Waals surface area contributed by atoms with Crippen LogP contribution in [-0.2, 0) is 4.74 Å². The van der Waals surface area contributed by atoms with Crippen LogP contribution in [0.2, 0.25) is 8.67 Å². The number of thiophene rings is 1. The molecule has 2 unspecified atom stereocenters. The zero-order valence-corrected chi connectivity index (χ0v) is 10.0. The minimum absolute atomic E-state index is 0.0439. The van der Waals surface area contributed by atoms with Gasteiger partial charge in [-0.2, -0.15) is 0 Å². The SMILES string of the molecule is CC1COC(c2cc(Cl)sc2Cl)CN1. The molecule has 0 bridgehead atoms. The quantitative estimate of drug-likeness (QED) is 0.829. The van der Waals surface area contributed by atoms with Gasteiger partial charge in [0.2, 0.25) is 0 Å². The molecule has 1 aromatic heterocycles. The first-order valence-electron chi connectivity index (χ1n) is 4.46. The van der Waals surface area contributed by atoms with Crippen LogP contribution in [0.3, 0.4) is 0 Å². The van der Waals surface area contributed by atoms with Crippen molar-refractivity contribution in [1.29, 1.82) is 0 Å². The number of nitrogens with one attached hydrogen (secondary N) is 1. The third kappa shape index (κ3) is 2.23. The molecule has 1 N–H and O–H groups in total. The van der Waals surface area contributed by atoms with E-state index in [0.717, 1.165) is 16.4 Å². The standard InChI is InChI=1S/C9H11Cl2NOS/c1-5-4-13-7(3-12-5)6-2-8(10)14-9(6)11/h2,5,7,12H,3-4H2,1H3. The van der Waals surface area contributed by atoms with E-state index in [1.165, 1.54) is 11.3 Å². The molecule has 0 aliphatic carbocycles. The summed E-state index contributed by atoms with van der Waals surface area (Å²) in [6, 6.07) is 2.30. The fourth-order valence-corrected chi connectivity index (χ4v) is 3.02. The third-order valence-corrected chi connectivity index (χ3v) is 3.75. The molecule has 14 heavy (non-hydrogen) atoms. The molecule has 0 spiro atoms. The predicted octanol–water partition coefficient (Wildman–Crippen LogP) is 3.10. The van der Waals surface area contributed by atoms with Gasteiger partial charge in [-0.1, -0.05) is 23.2 Å². The van der Waals surface area contributed by atoms with E-state index in [1.807, 2.05) is 6.07 Å². The van der Waals surface area contributed by atoms with Crippen molar-refractivity contribution in [2.45, 2.75) is 19.1 Å². The van der Waals surface area contributed by atoms with Gasteiger partial charge >= 0.3 is 0 Å². The molecule has 78 valence electrons. The molecule has 0 saturated carbocycles. The van der Waals surface area contributed by atoms with E-state index in [4.69, 9.17) is 27.9 Å². The molecule has 1 aromatic rings. The lowest BCUT2D eigenvalue weighted by atomic mass is 10.1. The molecular weight excluding hydrogens is 241 g/mol. The normalized spacial score (nSPS) is 27.9. The monoisotopic (exact) mass is 251 g/mol. The number of hydrogen-bond acceptors (Lipinski definition) is 3. The van der Waals surface area contributed by atoms with Crippen LogP contribution in [0, 0.1) is 0 Å². The van der Waals surface area contributed by atoms with Crippen LogP contribution < -0.4 is 5.32 Å². The highest BCUT2D eigenvalue weighted by Crippen LogP contribution is 2.36. The van der Waals surface area contributed by atoms with E-state index >= 15 is 0 Å². The van der Waals surface area contributed by atoms with Gasteiger partial charge in [-0.15, -0.1) is 11.3 Å². The smallest absolute Gasteiger partial charge is 0.100 e. The molecular formula is C9H11Cl2NOS. The lowest BCUT2D eigenvalue weighted by molar-refractivity contribution is 0.00724. The number of morpholine rings is 1. The Morgan fingerprint density at radius 1 is 1.57 bits per heavy atom. The summed E-state index contributed by atoms with van der Waals surface area (Å²) in [4.78, 5) is 0. The number of halogens is 2. The second-order valence-corrected chi connectivity index (χ2v) is 5.70. The molecule has 2 heterocycles. The average molecular weight is 252 g/mol. The first-order valence-corrected chi connectivity index (χ1v) is 6.04. The van der Waals surface area contributed by atoms with Gasteiger partial charge in [-0.05, 0) is 13.0 Å². The van der Waals surface area contributed by atoms with Gasteiger partial charge in [0.05, 0.1) is 17.0 Å².